The maximum Gasteiger partial charge on any atom is 0.336 e. The molecule has 0 atom stereocenters. The van der Waals surface area contributed by atoms with E-state index in [4.69, 9.17) is 4.42 Å². The second-order valence-electron chi connectivity index (χ2n) is 2.76. The standard InChI is InChI=1S/C9H6O2.C4H6O/c10-9-6-5-7-3-1-2-4-8(7)11-9;1-3-5-4-2/h1-6H;3-4H,1-2H2. The van der Waals surface area contributed by atoms with Crippen LogP contribution in [0.2, 0.25) is 0 Å². The first kappa shape index (κ1) is 11.8. The molecule has 0 N–H and O–H groups in total. The lowest BCUT2D eigenvalue weighted by molar-refractivity contribution is 0.406. The lowest BCUT2D eigenvalue weighted by atomic mass is 10.2. The molecule has 3 nitrogen and oxygen atoms in total. The van der Waals surface area contributed by atoms with Crippen LogP contribution in [0, 0.1) is 0 Å². The molecule has 0 saturated heterocycles. The first-order chi connectivity index (χ1) is 7.77. The van der Waals surface area contributed by atoms with Crippen molar-refractivity contribution >= 4 is 11.0 Å². The Bertz CT molecular complexity index is 520. The molecule has 2 rings (SSSR count). The maximum atomic E-state index is 10.7. The lowest BCUT2D eigenvalue weighted by Crippen LogP contribution is -1.93. The minimum atomic E-state index is -0.302. The third-order valence-electron chi connectivity index (χ3n) is 1.72. The molecule has 3 heteroatoms. The van der Waals surface area contributed by atoms with Gasteiger partial charge in [-0.2, -0.15) is 0 Å². The lowest BCUT2D eigenvalue weighted by Gasteiger charge is -1.91. The fourth-order valence-electron chi connectivity index (χ4n) is 1.08. The highest BCUT2D eigenvalue weighted by atomic mass is 16.5. The van der Waals surface area contributed by atoms with E-state index >= 15 is 0 Å². The highest BCUT2D eigenvalue weighted by Gasteiger charge is 1.92. The van der Waals surface area contributed by atoms with Gasteiger partial charge in [0.2, 0.25) is 0 Å². The molecule has 0 bridgehead atoms. The smallest absolute Gasteiger partial charge is 0.336 e. The van der Waals surface area contributed by atoms with E-state index in [1.54, 1.807) is 12.1 Å². The van der Waals surface area contributed by atoms with Gasteiger partial charge in [0.15, 0.2) is 0 Å². The summed E-state index contributed by atoms with van der Waals surface area (Å²) in [6, 6.07) is 10.6. The molecule has 0 aliphatic heterocycles. The van der Waals surface area contributed by atoms with Gasteiger partial charge in [0.05, 0.1) is 12.5 Å². The molecular weight excluding hydrogens is 204 g/mol. The summed E-state index contributed by atoms with van der Waals surface area (Å²) in [6.07, 6.45) is 2.62. The highest BCUT2D eigenvalue weighted by molar-refractivity contribution is 5.75. The molecule has 0 unspecified atom stereocenters. The van der Waals surface area contributed by atoms with Gasteiger partial charge in [-0.25, -0.2) is 4.79 Å². The Morgan fingerprint density at radius 2 is 1.75 bits per heavy atom. The van der Waals surface area contributed by atoms with Gasteiger partial charge < -0.3 is 9.15 Å². The molecule has 2 aromatic rings. The Morgan fingerprint density at radius 1 is 1.06 bits per heavy atom. The van der Waals surface area contributed by atoms with Crippen molar-refractivity contribution in [3.05, 3.63) is 72.5 Å². The zero-order chi connectivity index (χ0) is 11.8. The fraction of sp³-hybridized carbons (Fsp3) is 0. The molecule has 1 heterocycles. The molecule has 0 aliphatic rings. The molecule has 0 radical (unpaired) electrons. The Labute approximate surface area is 93.3 Å². The summed E-state index contributed by atoms with van der Waals surface area (Å²) in [6.45, 7) is 6.51. The van der Waals surface area contributed by atoms with Crippen LogP contribution < -0.4 is 5.63 Å². The zero-order valence-corrected chi connectivity index (χ0v) is 8.76. The third kappa shape index (κ3) is 3.46. The van der Waals surface area contributed by atoms with E-state index in [0.717, 1.165) is 5.39 Å². The van der Waals surface area contributed by atoms with Gasteiger partial charge in [0, 0.05) is 11.5 Å². The average Bonchev–Trinajstić information content (AvgIpc) is 2.31. The molecule has 0 aliphatic carbocycles. The minimum absolute atomic E-state index is 0.302. The van der Waals surface area contributed by atoms with Crippen molar-refractivity contribution in [2.45, 2.75) is 0 Å². The first-order valence-corrected chi connectivity index (χ1v) is 4.64. The van der Waals surface area contributed by atoms with Crippen LogP contribution in [0.4, 0.5) is 0 Å². The molecule has 1 aromatic carbocycles. The molecule has 1 aromatic heterocycles. The predicted octanol–water partition coefficient (Wildman–Crippen LogP) is 3.08. The summed E-state index contributed by atoms with van der Waals surface area (Å²) in [4.78, 5) is 10.7. The quantitative estimate of drug-likeness (QED) is 0.572. The van der Waals surface area contributed by atoms with Gasteiger partial charge in [-0.1, -0.05) is 31.4 Å². The van der Waals surface area contributed by atoms with Crippen LogP contribution in [0.15, 0.2) is 71.3 Å². The van der Waals surface area contributed by atoms with E-state index in [9.17, 15) is 4.79 Å². The summed E-state index contributed by atoms with van der Waals surface area (Å²) in [7, 11) is 0. The van der Waals surface area contributed by atoms with E-state index in [1.165, 1.54) is 18.6 Å². The van der Waals surface area contributed by atoms with Crippen LogP contribution in [0.1, 0.15) is 0 Å². The number of hydrogen-bond acceptors (Lipinski definition) is 3. The highest BCUT2D eigenvalue weighted by Crippen LogP contribution is 2.08. The predicted molar refractivity (Wildman–Crippen MR) is 64.0 cm³/mol. The number of para-hydroxylation sites is 1. The van der Waals surface area contributed by atoms with E-state index < -0.39 is 0 Å². The van der Waals surface area contributed by atoms with Crippen molar-refractivity contribution in [2.75, 3.05) is 0 Å². The molecule has 16 heavy (non-hydrogen) atoms. The summed E-state index contributed by atoms with van der Waals surface area (Å²) < 4.78 is 9.27. The number of rotatable bonds is 2. The summed E-state index contributed by atoms with van der Waals surface area (Å²) in [5.41, 5.74) is 0.337. The Balaban J connectivity index is 0.000000221. The zero-order valence-electron chi connectivity index (χ0n) is 8.76. The largest absolute Gasteiger partial charge is 0.474 e. The Morgan fingerprint density at radius 3 is 2.38 bits per heavy atom. The topological polar surface area (TPSA) is 39.4 Å². The van der Waals surface area contributed by atoms with E-state index in [1.807, 2.05) is 18.2 Å². The number of hydrogen-bond donors (Lipinski definition) is 0. The van der Waals surface area contributed by atoms with Gasteiger partial charge in [0.25, 0.3) is 0 Å². The fourth-order valence-corrected chi connectivity index (χ4v) is 1.08. The van der Waals surface area contributed by atoms with E-state index in [2.05, 4.69) is 17.9 Å². The number of ether oxygens (including phenoxy) is 1. The normalized spacial score (nSPS) is 8.75. The Hall–Kier alpha value is -2.29. The van der Waals surface area contributed by atoms with Gasteiger partial charge in [-0.15, -0.1) is 0 Å². The van der Waals surface area contributed by atoms with Crippen LogP contribution in [-0.4, -0.2) is 0 Å². The third-order valence-corrected chi connectivity index (χ3v) is 1.72. The molecule has 0 spiro atoms. The monoisotopic (exact) mass is 216 g/mol. The maximum absolute atomic E-state index is 10.7. The van der Waals surface area contributed by atoms with Crippen molar-refractivity contribution in [1.82, 2.24) is 0 Å². The van der Waals surface area contributed by atoms with Crippen LogP contribution >= 0.6 is 0 Å². The average molecular weight is 216 g/mol. The molecule has 82 valence electrons. The molecule has 0 saturated carbocycles. The van der Waals surface area contributed by atoms with E-state index in [-0.39, 0.29) is 5.63 Å². The van der Waals surface area contributed by atoms with Gasteiger partial charge in [-0.05, 0) is 12.1 Å². The number of fused-ring (bicyclic) bond motifs is 1. The van der Waals surface area contributed by atoms with Gasteiger partial charge >= 0.3 is 5.63 Å². The van der Waals surface area contributed by atoms with Crippen molar-refractivity contribution in [1.29, 1.82) is 0 Å². The van der Waals surface area contributed by atoms with Crippen LogP contribution in [-0.2, 0) is 4.74 Å². The Kier molecular flexibility index (Phi) is 4.60. The van der Waals surface area contributed by atoms with E-state index in [0.29, 0.717) is 5.58 Å². The molecule has 0 amide bonds. The van der Waals surface area contributed by atoms with Crippen LogP contribution in [0.25, 0.3) is 11.0 Å². The second kappa shape index (κ2) is 6.24. The van der Waals surface area contributed by atoms with Gasteiger partial charge in [0.1, 0.15) is 5.58 Å². The summed E-state index contributed by atoms with van der Waals surface area (Å²) >= 11 is 0. The van der Waals surface area contributed by atoms with Crippen molar-refractivity contribution in [2.24, 2.45) is 0 Å². The van der Waals surface area contributed by atoms with Crippen molar-refractivity contribution < 1.29 is 9.15 Å². The van der Waals surface area contributed by atoms with Gasteiger partial charge in [-0.3, -0.25) is 0 Å². The second-order valence-corrected chi connectivity index (χ2v) is 2.76. The molecular formula is C13H12O3. The SMILES string of the molecule is C=COC=C.O=c1ccc2ccccc2o1. The van der Waals surface area contributed by atoms with Crippen molar-refractivity contribution in [3.63, 3.8) is 0 Å². The van der Waals surface area contributed by atoms with Crippen molar-refractivity contribution in [3.8, 4) is 0 Å². The summed E-state index contributed by atoms with van der Waals surface area (Å²) in [5.74, 6) is 0. The number of benzene rings is 1. The minimum Gasteiger partial charge on any atom is -0.474 e. The van der Waals surface area contributed by atoms with Crippen LogP contribution in [0.5, 0.6) is 0 Å². The van der Waals surface area contributed by atoms with Crippen LogP contribution in [0.3, 0.4) is 0 Å². The first-order valence-electron chi connectivity index (χ1n) is 4.64. The molecule has 0 fully saturated rings. The summed E-state index contributed by atoms with van der Waals surface area (Å²) in [5, 5.41) is 0.951.